The standard InChI is InChI=1S/C31H31F4N5O2/c1-21(41)37-26-13-16-39(20-26)14-2-3-15-40(30(42)38-25-9-12-29(32)28(18-25)31(33,34)35)27-10-7-23(8-11-27)24-6-4-5-22(17-24)19-36/h4-12,17-18,26H,2-3,13-16,20H2,1H3,(H,37,41)(H,38,42)/t26-/m1/s1. The monoisotopic (exact) mass is 581 g/mol. The Hall–Kier alpha value is -4.43. The molecule has 220 valence electrons. The molecule has 0 unspecified atom stereocenters. The Bertz CT molecular complexity index is 1450. The van der Waals surface area contributed by atoms with Crippen molar-refractivity contribution >= 4 is 23.3 Å². The molecule has 11 heteroatoms. The summed E-state index contributed by atoms with van der Waals surface area (Å²) in [5.41, 5.74) is 1.05. The number of alkyl halides is 3. The average molecular weight is 582 g/mol. The van der Waals surface area contributed by atoms with Crippen LogP contribution in [0.5, 0.6) is 0 Å². The Morgan fingerprint density at radius 2 is 1.81 bits per heavy atom. The number of nitrogens with zero attached hydrogens (tertiary/aromatic N) is 3. The van der Waals surface area contributed by atoms with Gasteiger partial charge in [0, 0.05) is 44.0 Å². The summed E-state index contributed by atoms with van der Waals surface area (Å²) >= 11 is 0. The minimum absolute atomic E-state index is 0.0594. The van der Waals surface area contributed by atoms with Gasteiger partial charge in [0.25, 0.3) is 0 Å². The summed E-state index contributed by atoms with van der Waals surface area (Å²) in [6.45, 7) is 4.16. The number of nitriles is 1. The van der Waals surface area contributed by atoms with E-state index in [2.05, 4.69) is 21.6 Å². The number of benzene rings is 3. The number of hydrogen-bond donors (Lipinski definition) is 2. The molecule has 0 radical (unpaired) electrons. The Morgan fingerprint density at radius 3 is 2.50 bits per heavy atom. The van der Waals surface area contributed by atoms with E-state index < -0.39 is 23.6 Å². The van der Waals surface area contributed by atoms with Gasteiger partial charge in [0.2, 0.25) is 5.91 Å². The van der Waals surface area contributed by atoms with Gasteiger partial charge in [-0.05, 0) is 79.4 Å². The number of amides is 3. The second kappa shape index (κ2) is 13.5. The third-order valence-corrected chi connectivity index (χ3v) is 7.06. The molecule has 0 aliphatic carbocycles. The Labute approximate surface area is 241 Å². The van der Waals surface area contributed by atoms with E-state index in [1.165, 1.54) is 11.8 Å². The normalized spacial score (nSPS) is 15.2. The number of nitrogens with one attached hydrogen (secondary N) is 2. The minimum Gasteiger partial charge on any atom is -0.352 e. The van der Waals surface area contributed by atoms with E-state index in [1.807, 2.05) is 6.07 Å². The molecule has 1 atom stereocenters. The lowest BCUT2D eigenvalue weighted by Crippen LogP contribution is -2.37. The summed E-state index contributed by atoms with van der Waals surface area (Å²) in [5, 5.41) is 14.6. The summed E-state index contributed by atoms with van der Waals surface area (Å²) in [7, 11) is 0. The van der Waals surface area contributed by atoms with E-state index in [0.717, 1.165) is 49.7 Å². The second-order valence-corrected chi connectivity index (χ2v) is 10.2. The van der Waals surface area contributed by atoms with Crippen LogP contribution in [0.2, 0.25) is 0 Å². The first-order chi connectivity index (χ1) is 20.0. The van der Waals surface area contributed by atoms with Crippen molar-refractivity contribution in [2.75, 3.05) is 36.4 Å². The molecule has 1 aliphatic heterocycles. The maximum absolute atomic E-state index is 13.8. The molecule has 1 aliphatic rings. The number of halogens is 4. The molecule has 4 rings (SSSR count). The van der Waals surface area contributed by atoms with E-state index in [0.29, 0.717) is 29.8 Å². The quantitative estimate of drug-likeness (QED) is 0.226. The van der Waals surface area contributed by atoms with Crippen LogP contribution in [0.25, 0.3) is 11.1 Å². The molecule has 0 spiro atoms. The van der Waals surface area contributed by atoms with Gasteiger partial charge in [-0.25, -0.2) is 9.18 Å². The minimum atomic E-state index is -4.91. The summed E-state index contributed by atoms with van der Waals surface area (Å²) in [5.74, 6) is -1.48. The Kier molecular flexibility index (Phi) is 9.80. The summed E-state index contributed by atoms with van der Waals surface area (Å²) in [4.78, 5) is 28.4. The molecule has 2 N–H and O–H groups in total. The zero-order chi connectivity index (χ0) is 30.3. The Balaban J connectivity index is 1.48. The zero-order valence-electron chi connectivity index (χ0n) is 23.0. The summed E-state index contributed by atoms with van der Waals surface area (Å²) in [6.07, 6.45) is -2.67. The van der Waals surface area contributed by atoms with Crippen molar-refractivity contribution in [1.82, 2.24) is 10.2 Å². The van der Waals surface area contributed by atoms with Gasteiger partial charge in [-0.2, -0.15) is 18.4 Å². The smallest absolute Gasteiger partial charge is 0.352 e. The van der Waals surface area contributed by atoms with E-state index in [9.17, 15) is 32.4 Å². The van der Waals surface area contributed by atoms with E-state index in [1.54, 1.807) is 42.5 Å². The van der Waals surface area contributed by atoms with Crippen LogP contribution in [0.15, 0.2) is 66.7 Å². The van der Waals surface area contributed by atoms with Gasteiger partial charge in [0.15, 0.2) is 0 Å². The maximum Gasteiger partial charge on any atom is 0.419 e. The van der Waals surface area contributed by atoms with Crippen molar-refractivity contribution in [3.63, 3.8) is 0 Å². The van der Waals surface area contributed by atoms with Gasteiger partial charge in [-0.3, -0.25) is 9.69 Å². The zero-order valence-corrected chi connectivity index (χ0v) is 23.0. The number of hydrogen-bond acceptors (Lipinski definition) is 4. The van der Waals surface area contributed by atoms with E-state index >= 15 is 0 Å². The van der Waals surface area contributed by atoms with Crippen molar-refractivity contribution in [3.05, 3.63) is 83.7 Å². The number of unbranched alkanes of at least 4 members (excludes halogenated alkanes) is 1. The number of carbonyl (C=O) groups excluding carboxylic acids is 2. The predicted molar refractivity (Wildman–Crippen MR) is 152 cm³/mol. The lowest BCUT2D eigenvalue weighted by atomic mass is 10.0. The van der Waals surface area contributed by atoms with Crippen LogP contribution in [0.4, 0.5) is 33.7 Å². The fraction of sp³-hybridized carbons (Fsp3) is 0.323. The van der Waals surface area contributed by atoms with Gasteiger partial charge in [-0.15, -0.1) is 0 Å². The number of anilines is 2. The third kappa shape index (κ3) is 8.07. The van der Waals surface area contributed by atoms with Gasteiger partial charge < -0.3 is 15.5 Å². The molecule has 42 heavy (non-hydrogen) atoms. The lowest BCUT2D eigenvalue weighted by Gasteiger charge is -2.24. The molecule has 0 bridgehead atoms. The first-order valence-corrected chi connectivity index (χ1v) is 13.6. The highest BCUT2D eigenvalue weighted by molar-refractivity contribution is 6.02. The maximum atomic E-state index is 13.8. The molecular weight excluding hydrogens is 550 g/mol. The average Bonchev–Trinajstić information content (AvgIpc) is 3.40. The molecule has 1 fully saturated rings. The summed E-state index contributed by atoms with van der Waals surface area (Å²) < 4.78 is 53.5. The highest BCUT2D eigenvalue weighted by atomic mass is 19.4. The van der Waals surface area contributed by atoms with Crippen molar-refractivity contribution in [2.24, 2.45) is 0 Å². The predicted octanol–water partition coefficient (Wildman–Crippen LogP) is 6.41. The van der Waals surface area contributed by atoms with Gasteiger partial charge >= 0.3 is 12.2 Å². The number of urea groups is 1. The molecule has 3 aromatic rings. The van der Waals surface area contributed by atoms with Crippen molar-refractivity contribution in [2.45, 2.75) is 38.4 Å². The fourth-order valence-corrected chi connectivity index (χ4v) is 5.01. The molecule has 3 aromatic carbocycles. The van der Waals surface area contributed by atoms with E-state index in [4.69, 9.17) is 0 Å². The van der Waals surface area contributed by atoms with Crippen LogP contribution in [0.1, 0.15) is 37.3 Å². The molecule has 0 saturated carbocycles. The van der Waals surface area contributed by atoms with Crippen LogP contribution in [-0.2, 0) is 11.0 Å². The number of rotatable bonds is 9. The highest BCUT2D eigenvalue weighted by Gasteiger charge is 2.34. The van der Waals surface area contributed by atoms with Crippen molar-refractivity contribution in [1.29, 1.82) is 5.26 Å². The topological polar surface area (TPSA) is 88.5 Å². The third-order valence-electron chi connectivity index (χ3n) is 7.06. The molecule has 1 saturated heterocycles. The largest absolute Gasteiger partial charge is 0.419 e. The molecule has 7 nitrogen and oxygen atoms in total. The van der Waals surface area contributed by atoms with Crippen LogP contribution < -0.4 is 15.5 Å². The van der Waals surface area contributed by atoms with Gasteiger partial charge in [0.1, 0.15) is 5.82 Å². The SMILES string of the molecule is CC(=O)N[C@@H]1CCN(CCCCN(C(=O)Nc2ccc(F)c(C(F)(F)F)c2)c2ccc(-c3cccc(C#N)c3)cc2)C1. The van der Waals surface area contributed by atoms with Crippen molar-refractivity contribution in [3.8, 4) is 17.2 Å². The molecule has 1 heterocycles. The first kappa shape index (κ1) is 30.5. The fourth-order valence-electron chi connectivity index (χ4n) is 5.01. The lowest BCUT2D eigenvalue weighted by molar-refractivity contribution is -0.140. The van der Waals surface area contributed by atoms with Gasteiger partial charge in [0.05, 0.1) is 17.2 Å². The highest BCUT2D eigenvalue weighted by Crippen LogP contribution is 2.33. The molecule has 3 amide bonds. The van der Waals surface area contributed by atoms with Crippen molar-refractivity contribution < 1.29 is 27.2 Å². The van der Waals surface area contributed by atoms with Crippen LogP contribution >= 0.6 is 0 Å². The van der Waals surface area contributed by atoms with E-state index in [-0.39, 0.29) is 24.2 Å². The molecular formula is C31H31F4N5O2. The Morgan fingerprint density at radius 1 is 1.05 bits per heavy atom. The van der Waals surface area contributed by atoms with Crippen LogP contribution in [0.3, 0.4) is 0 Å². The first-order valence-electron chi connectivity index (χ1n) is 13.6. The van der Waals surface area contributed by atoms with Crippen LogP contribution in [-0.4, -0.2) is 49.1 Å². The van der Waals surface area contributed by atoms with Crippen LogP contribution in [0, 0.1) is 17.1 Å². The second-order valence-electron chi connectivity index (χ2n) is 10.2. The van der Waals surface area contributed by atoms with Gasteiger partial charge in [-0.1, -0.05) is 24.3 Å². The molecule has 0 aromatic heterocycles. The number of likely N-dealkylation sites (tertiary alicyclic amines) is 1. The number of carbonyl (C=O) groups is 2. The summed E-state index contributed by atoms with van der Waals surface area (Å²) in [6, 6.07) is 18.1.